The Morgan fingerprint density at radius 1 is 1.39 bits per heavy atom. The predicted octanol–water partition coefficient (Wildman–Crippen LogP) is 2.82. The van der Waals surface area contributed by atoms with Crippen LogP contribution >= 0.6 is 0 Å². The Kier molecular flexibility index (Phi) is 4.23. The topological polar surface area (TPSA) is 28.2 Å². The van der Waals surface area contributed by atoms with E-state index >= 15 is 0 Å². The van der Waals surface area contributed by atoms with Gasteiger partial charge in [-0.25, -0.2) is 0 Å². The highest BCUT2D eigenvalue weighted by atomic mass is 15.1. The highest BCUT2D eigenvalue weighted by molar-refractivity contribution is 5.52. The molecule has 0 atom stereocenters. The average Bonchev–Trinajstić information content (AvgIpc) is 2.41. The first-order valence-electron chi connectivity index (χ1n) is 7.01. The van der Waals surface area contributed by atoms with Crippen LogP contribution in [0.3, 0.4) is 0 Å². The van der Waals surface area contributed by atoms with Crippen molar-refractivity contribution < 1.29 is 0 Å². The van der Waals surface area contributed by atoms with Gasteiger partial charge in [-0.1, -0.05) is 20.3 Å². The number of nitrogens with one attached hydrogen (secondary N) is 1. The van der Waals surface area contributed by atoms with Crippen LogP contribution in [0.5, 0.6) is 0 Å². The number of anilines is 1. The minimum Gasteiger partial charge on any atom is -0.371 e. The van der Waals surface area contributed by atoms with Crippen molar-refractivity contribution in [1.29, 1.82) is 0 Å². The number of rotatable bonds is 4. The summed E-state index contributed by atoms with van der Waals surface area (Å²) >= 11 is 0. The van der Waals surface area contributed by atoms with E-state index in [9.17, 15) is 0 Å². The van der Waals surface area contributed by atoms with Crippen LogP contribution < -0.4 is 10.2 Å². The van der Waals surface area contributed by atoms with Gasteiger partial charge in [0.15, 0.2) is 0 Å². The Bertz CT molecular complexity index is 381. The Labute approximate surface area is 111 Å². The van der Waals surface area contributed by atoms with Gasteiger partial charge < -0.3 is 10.2 Å². The summed E-state index contributed by atoms with van der Waals surface area (Å²) in [5.41, 5.74) is 3.21. The van der Waals surface area contributed by atoms with Crippen molar-refractivity contribution in [2.45, 2.75) is 39.7 Å². The fraction of sp³-hybridized carbons (Fsp3) is 0.667. The SMILES string of the molecule is CCC1(C)CCN(c2ccncc2CNC)CC1. The van der Waals surface area contributed by atoms with Crippen LogP contribution in [0.2, 0.25) is 0 Å². The van der Waals surface area contributed by atoms with Gasteiger partial charge in [0, 0.05) is 43.3 Å². The Balaban J connectivity index is 2.09. The van der Waals surface area contributed by atoms with E-state index in [-0.39, 0.29) is 0 Å². The molecule has 3 nitrogen and oxygen atoms in total. The molecular formula is C15H25N3. The first-order chi connectivity index (χ1) is 8.68. The van der Waals surface area contributed by atoms with E-state index in [1.807, 2.05) is 19.4 Å². The zero-order valence-electron chi connectivity index (χ0n) is 11.9. The van der Waals surface area contributed by atoms with Crippen LogP contribution in [-0.2, 0) is 6.54 Å². The Morgan fingerprint density at radius 3 is 2.72 bits per heavy atom. The maximum Gasteiger partial charge on any atom is 0.0442 e. The zero-order chi connectivity index (χ0) is 13.0. The van der Waals surface area contributed by atoms with Gasteiger partial charge in [0.1, 0.15) is 0 Å². The summed E-state index contributed by atoms with van der Waals surface area (Å²) in [4.78, 5) is 6.76. The van der Waals surface area contributed by atoms with E-state index in [0.29, 0.717) is 5.41 Å². The molecule has 2 heterocycles. The third-order valence-electron chi connectivity index (χ3n) is 4.41. The molecule has 0 aliphatic carbocycles. The van der Waals surface area contributed by atoms with Crippen molar-refractivity contribution >= 4 is 5.69 Å². The van der Waals surface area contributed by atoms with Crippen molar-refractivity contribution in [1.82, 2.24) is 10.3 Å². The molecule has 0 unspecified atom stereocenters. The molecule has 1 aliphatic rings. The summed E-state index contributed by atoms with van der Waals surface area (Å²) in [6.45, 7) is 7.97. The van der Waals surface area contributed by atoms with Gasteiger partial charge in [0.05, 0.1) is 0 Å². The molecule has 100 valence electrons. The smallest absolute Gasteiger partial charge is 0.0442 e. The lowest BCUT2D eigenvalue weighted by Crippen LogP contribution is -2.39. The summed E-state index contributed by atoms with van der Waals surface area (Å²) in [6.07, 6.45) is 7.78. The van der Waals surface area contributed by atoms with Crippen LogP contribution in [-0.4, -0.2) is 25.1 Å². The van der Waals surface area contributed by atoms with Crippen molar-refractivity contribution in [3.8, 4) is 0 Å². The fourth-order valence-electron chi connectivity index (χ4n) is 2.70. The second-order valence-corrected chi connectivity index (χ2v) is 5.69. The lowest BCUT2D eigenvalue weighted by atomic mass is 9.78. The molecular weight excluding hydrogens is 222 g/mol. The van der Waals surface area contributed by atoms with E-state index in [1.54, 1.807) is 0 Å². The van der Waals surface area contributed by atoms with Gasteiger partial charge in [-0.2, -0.15) is 0 Å². The maximum absolute atomic E-state index is 4.24. The zero-order valence-corrected chi connectivity index (χ0v) is 11.9. The summed E-state index contributed by atoms with van der Waals surface area (Å²) in [7, 11) is 1.99. The van der Waals surface area contributed by atoms with Crippen molar-refractivity contribution in [3.05, 3.63) is 24.0 Å². The van der Waals surface area contributed by atoms with Gasteiger partial charge in [0.2, 0.25) is 0 Å². The van der Waals surface area contributed by atoms with E-state index in [1.165, 1.54) is 43.6 Å². The fourth-order valence-corrected chi connectivity index (χ4v) is 2.70. The molecule has 1 aromatic heterocycles. The quantitative estimate of drug-likeness (QED) is 0.887. The molecule has 0 bridgehead atoms. The van der Waals surface area contributed by atoms with Crippen molar-refractivity contribution in [2.24, 2.45) is 5.41 Å². The van der Waals surface area contributed by atoms with Crippen molar-refractivity contribution in [3.63, 3.8) is 0 Å². The average molecular weight is 247 g/mol. The van der Waals surface area contributed by atoms with Gasteiger partial charge in [-0.15, -0.1) is 0 Å². The lowest BCUT2D eigenvalue weighted by Gasteiger charge is -2.40. The molecule has 1 fully saturated rings. The second kappa shape index (κ2) is 5.70. The molecule has 1 aliphatic heterocycles. The molecule has 0 saturated carbocycles. The van der Waals surface area contributed by atoms with Gasteiger partial charge in [0.25, 0.3) is 0 Å². The molecule has 18 heavy (non-hydrogen) atoms. The summed E-state index contributed by atoms with van der Waals surface area (Å²) < 4.78 is 0. The number of nitrogens with zero attached hydrogens (tertiary/aromatic N) is 2. The Morgan fingerprint density at radius 2 is 2.11 bits per heavy atom. The summed E-state index contributed by atoms with van der Waals surface area (Å²) in [5.74, 6) is 0. The number of pyridine rings is 1. The minimum absolute atomic E-state index is 0.548. The molecule has 1 N–H and O–H groups in total. The van der Waals surface area contributed by atoms with Crippen LogP contribution in [0.1, 0.15) is 38.7 Å². The molecule has 0 amide bonds. The summed E-state index contributed by atoms with van der Waals surface area (Å²) in [6, 6.07) is 2.15. The highest BCUT2D eigenvalue weighted by Crippen LogP contribution is 2.36. The monoisotopic (exact) mass is 247 g/mol. The molecule has 2 rings (SSSR count). The van der Waals surface area contributed by atoms with Gasteiger partial charge >= 0.3 is 0 Å². The maximum atomic E-state index is 4.24. The van der Waals surface area contributed by atoms with E-state index in [0.717, 1.165) is 6.54 Å². The number of piperidine rings is 1. The molecule has 1 aromatic rings. The minimum atomic E-state index is 0.548. The standard InChI is InChI=1S/C15H25N3/c1-4-15(2)6-9-18(10-7-15)14-5-8-17-12-13(14)11-16-3/h5,8,12,16H,4,6-7,9-11H2,1-3H3. The number of hydrogen-bond acceptors (Lipinski definition) is 3. The predicted molar refractivity (Wildman–Crippen MR) is 76.8 cm³/mol. The first-order valence-corrected chi connectivity index (χ1v) is 7.01. The van der Waals surface area contributed by atoms with Crippen LogP contribution in [0, 0.1) is 5.41 Å². The third kappa shape index (κ3) is 2.83. The van der Waals surface area contributed by atoms with Crippen LogP contribution in [0.4, 0.5) is 5.69 Å². The molecule has 3 heteroatoms. The van der Waals surface area contributed by atoms with E-state index in [2.05, 4.69) is 35.1 Å². The normalized spacial score (nSPS) is 18.9. The van der Waals surface area contributed by atoms with Crippen LogP contribution in [0.25, 0.3) is 0 Å². The second-order valence-electron chi connectivity index (χ2n) is 5.69. The van der Waals surface area contributed by atoms with Crippen LogP contribution in [0.15, 0.2) is 18.5 Å². The third-order valence-corrected chi connectivity index (χ3v) is 4.41. The largest absolute Gasteiger partial charge is 0.371 e. The van der Waals surface area contributed by atoms with Gasteiger partial charge in [-0.3, -0.25) is 4.98 Å². The van der Waals surface area contributed by atoms with Crippen molar-refractivity contribution in [2.75, 3.05) is 25.0 Å². The molecule has 0 spiro atoms. The molecule has 1 saturated heterocycles. The first kappa shape index (κ1) is 13.3. The highest BCUT2D eigenvalue weighted by Gasteiger charge is 2.28. The lowest BCUT2D eigenvalue weighted by molar-refractivity contribution is 0.238. The van der Waals surface area contributed by atoms with E-state index in [4.69, 9.17) is 0 Å². The Hall–Kier alpha value is -1.09. The summed E-state index contributed by atoms with van der Waals surface area (Å²) in [5, 5.41) is 3.22. The molecule has 0 aromatic carbocycles. The van der Waals surface area contributed by atoms with Gasteiger partial charge in [-0.05, 0) is 31.4 Å². The number of hydrogen-bond donors (Lipinski definition) is 1. The van der Waals surface area contributed by atoms with E-state index < -0.39 is 0 Å². The number of aromatic nitrogens is 1. The molecule has 0 radical (unpaired) electrons.